The summed E-state index contributed by atoms with van der Waals surface area (Å²) in [6.45, 7) is 0. The van der Waals surface area contributed by atoms with Crippen LogP contribution < -0.4 is 10.6 Å². The number of rotatable bonds is 6. The summed E-state index contributed by atoms with van der Waals surface area (Å²) in [6, 6.07) is 0.406. The van der Waals surface area contributed by atoms with Gasteiger partial charge < -0.3 is 4.57 Å². The summed E-state index contributed by atoms with van der Waals surface area (Å²) in [4.78, 5) is 3.18. The van der Waals surface area contributed by atoms with Crippen LogP contribution in [-0.4, -0.2) is 16.8 Å². The van der Waals surface area contributed by atoms with Gasteiger partial charge in [-0.2, -0.15) is 0 Å². The van der Waals surface area contributed by atoms with E-state index < -0.39 is 0 Å². The van der Waals surface area contributed by atoms with E-state index in [-0.39, 0.29) is 12.3 Å². The molecule has 7 aliphatic carbocycles. The zero-order valence-corrected chi connectivity index (χ0v) is 31.0. The topological polar surface area (TPSA) is 29.0 Å². The lowest BCUT2D eigenvalue weighted by Gasteiger charge is -2.43. The molecule has 0 bridgehead atoms. The molecule has 8 aliphatic rings. The third-order valence-corrected chi connectivity index (χ3v) is 14.3. The molecule has 7 atom stereocenters. The van der Waals surface area contributed by atoms with E-state index >= 15 is 0 Å². The first kappa shape index (κ1) is 32.7. The van der Waals surface area contributed by atoms with Gasteiger partial charge in [0.1, 0.15) is 0 Å². The molecule has 2 aromatic rings. The van der Waals surface area contributed by atoms with Crippen molar-refractivity contribution in [3.8, 4) is 10.4 Å². The number of hydrogen-bond acceptors (Lipinski definition) is 3. The molecule has 0 spiro atoms. The van der Waals surface area contributed by atoms with E-state index in [1.165, 1.54) is 16.7 Å². The standard InChI is InChI=1S/C48H51N3S/c1-5-15-32(16-6-1)33-25-27-34(28-26-33)40-31-43(50-48(49-40)37-21-11-4-12-22-37)51-41-24-14-13-23-38(41)45-42(51)30-29-39-44(35-17-7-2-8-18-35)46(52-47(39)45)36-19-9-3-10-20-36/h1-11,13,15,17,19,21,23,25-27,32,34-36,40,43,48-50H,12,14,16,18,20,22,24,28-31H2. The minimum Gasteiger partial charge on any atom is -0.331 e. The number of thiophene rings is 1. The molecule has 3 heterocycles. The third-order valence-electron chi connectivity index (χ3n) is 12.9. The van der Waals surface area contributed by atoms with Crippen LogP contribution in [0.2, 0.25) is 0 Å². The fraction of sp³-hybridized carbons (Fsp3) is 0.375. The molecule has 10 rings (SSSR count). The minimum absolute atomic E-state index is 0.183. The van der Waals surface area contributed by atoms with Gasteiger partial charge in [-0.25, -0.2) is 0 Å². The Kier molecular flexibility index (Phi) is 8.87. The van der Waals surface area contributed by atoms with Gasteiger partial charge in [-0.1, -0.05) is 122 Å². The van der Waals surface area contributed by atoms with Crippen molar-refractivity contribution in [1.82, 2.24) is 15.2 Å². The maximum atomic E-state index is 4.24. The van der Waals surface area contributed by atoms with Crippen LogP contribution in [-0.2, 0) is 19.3 Å². The van der Waals surface area contributed by atoms with Gasteiger partial charge in [-0.15, -0.1) is 11.3 Å². The summed E-state index contributed by atoms with van der Waals surface area (Å²) in [5.41, 5.74) is 12.5. The van der Waals surface area contributed by atoms with Gasteiger partial charge in [-0.05, 0) is 98.8 Å². The summed E-state index contributed by atoms with van der Waals surface area (Å²) in [5.74, 6) is 1.96. The first-order chi connectivity index (χ1) is 25.8. The summed E-state index contributed by atoms with van der Waals surface area (Å²) in [5, 5.41) is 8.41. The predicted octanol–water partition coefficient (Wildman–Crippen LogP) is 11.2. The quantitative estimate of drug-likeness (QED) is 0.314. The van der Waals surface area contributed by atoms with Crippen molar-refractivity contribution >= 4 is 17.4 Å². The van der Waals surface area contributed by atoms with Gasteiger partial charge in [0.05, 0.1) is 12.3 Å². The Hall–Kier alpha value is -3.96. The van der Waals surface area contributed by atoms with Gasteiger partial charge in [0.25, 0.3) is 0 Å². The second kappa shape index (κ2) is 14.1. The normalized spacial score (nSPS) is 31.3. The van der Waals surface area contributed by atoms with Crippen molar-refractivity contribution in [3.63, 3.8) is 0 Å². The molecule has 0 amide bonds. The maximum Gasteiger partial charge on any atom is 0.0868 e. The number of aromatic nitrogens is 1. The fourth-order valence-corrected chi connectivity index (χ4v) is 11.9. The lowest BCUT2D eigenvalue weighted by atomic mass is 9.81. The number of nitrogens with zero attached hydrogens (tertiary/aromatic N) is 1. The van der Waals surface area contributed by atoms with Crippen LogP contribution in [0.5, 0.6) is 0 Å². The summed E-state index contributed by atoms with van der Waals surface area (Å²) >= 11 is 2.13. The van der Waals surface area contributed by atoms with Crippen molar-refractivity contribution in [2.75, 3.05) is 0 Å². The van der Waals surface area contributed by atoms with E-state index in [1.807, 2.05) is 0 Å². The third kappa shape index (κ3) is 5.88. The Bertz CT molecular complexity index is 2080. The van der Waals surface area contributed by atoms with Crippen LogP contribution in [0.4, 0.5) is 0 Å². The van der Waals surface area contributed by atoms with Gasteiger partial charge in [0, 0.05) is 56.1 Å². The summed E-state index contributed by atoms with van der Waals surface area (Å²) in [7, 11) is 0. The number of allylic oxidation sites excluding steroid dienone is 19. The molecule has 1 fully saturated rings. The van der Waals surface area contributed by atoms with E-state index in [0.29, 0.717) is 29.7 Å². The average molecular weight is 702 g/mol. The molecule has 2 aromatic heterocycles. The highest BCUT2D eigenvalue weighted by molar-refractivity contribution is 7.16. The molecule has 0 radical (unpaired) electrons. The monoisotopic (exact) mass is 701 g/mol. The molecule has 2 N–H and O–H groups in total. The van der Waals surface area contributed by atoms with Crippen molar-refractivity contribution in [3.05, 3.63) is 160 Å². The largest absolute Gasteiger partial charge is 0.331 e. The first-order valence-electron chi connectivity index (χ1n) is 20.1. The molecular formula is C48H51N3S. The maximum absolute atomic E-state index is 4.24. The molecule has 264 valence electrons. The van der Waals surface area contributed by atoms with E-state index in [1.54, 1.807) is 37.8 Å². The summed E-state index contributed by atoms with van der Waals surface area (Å²) < 4.78 is 2.84. The Morgan fingerprint density at radius 1 is 0.654 bits per heavy atom. The van der Waals surface area contributed by atoms with Crippen LogP contribution in [0.1, 0.15) is 102 Å². The molecule has 1 saturated heterocycles. The van der Waals surface area contributed by atoms with E-state index in [0.717, 1.165) is 70.6 Å². The van der Waals surface area contributed by atoms with Crippen LogP contribution in [0.3, 0.4) is 0 Å². The molecule has 0 saturated carbocycles. The lowest BCUT2D eigenvalue weighted by molar-refractivity contribution is 0.181. The average Bonchev–Trinajstić information content (AvgIpc) is 3.79. The number of nitrogens with one attached hydrogen (secondary N) is 2. The van der Waals surface area contributed by atoms with E-state index in [2.05, 4.69) is 148 Å². The van der Waals surface area contributed by atoms with Crippen molar-refractivity contribution in [1.29, 1.82) is 0 Å². The number of hydrogen-bond donors (Lipinski definition) is 2. The highest BCUT2D eigenvalue weighted by atomic mass is 32.1. The molecule has 0 aromatic carbocycles. The predicted molar refractivity (Wildman–Crippen MR) is 219 cm³/mol. The Balaban J connectivity index is 1.04. The van der Waals surface area contributed by atoms with E-state index in [4.69, 9.17) is 0 Å². The highest BCUT2D eigenvalue weighted by Gasteiger charge is 2.40. The second-order valence-corrected chi connectivity index (χ2v) is 17.0. The van der Waals surface area contributed by atoms with Crippen LogP contribution in [0.15, 0.2) is 127 Å². The Morgan fingerprint density at radius 2 is 1.44 bits per heavy atom. The minimum atomic E-state index is 0.183. The molecule has 4 heteroatoms. The Morgan fingerprint density at radius 3 is 2.17 bits per heavy atom. The van der Waals surface area contributed by atoms with Crippen LogP contribution in [0.25, 0.3) is 16.5 Å². The molecule has 7 unspecified atom stereocenters. The zero-order valence-electron chi connectivity index (χ0n) is 30.2. The summed E-state index contributed by atoms with van der Waals surface area (Å²) in [6.07, 6.45) is 59.9. The van der Waals surface area contributed by atoms with Gasteiger partial charge in [0.2, 0.25) is 0 Å². The van der Waals surface area contributed by atoms with E-state index in [9.17, 15) is 0 Å². The Labute approximate surface area is 314 Å². The van der Waals surface area contributed by atoms with Crippen molar-refractivity contribution in [2.45, 2.75) is 101 Å². The lowest BCUT2D eigenvalue weighted by Crippen LogP contribution is -2.59. The number of fused-ring (bicyclic) bond motifs is 5. The molecule has 3 nitrogen and oxygen atoms in total. The first-order valence-corrected chi connectivity index (χ1v) is 21.0. The van der Waals surface area contributed by atoms with Crippen molar-refractivity contribution in [2.24, 2.45) is 11.8 Å². The van der Waals surface area contributed by atoms with Crippen molar-refractivity contribution < 1.29 is 0 Å². The zero-order chi connectivity index (χ0) is 34.4. The van der Waals surface area contributed by atoms with Crippen LogP contribution >= 0.6 is 11.3 Å². The van der Waals surface area contributed by atoms with Gasteiger partial charge >= 0.3 is 0 Å². The van der Waals surface area contributed by atoms with Crippen LogP contribution in [0, 0.1) is 11.8 Å². The highest BCUT2D eigenvalue weighted by Crippen LogP contribution is 2.53. The SMILES string of the molecule is C1=CCCC(C2NC(C3C=CC(C4C=CC=CC4)=CC3)CC(n3c4c(c5c3CCc3c-5sc(C5C=CC=CC5)c3C3C=CC=CC3)C=CCC4)N2)=C1. The molecular weight excluding hydrogens is 651 g/mol. The smallest absolute Gasteiger partial charge is 0.0868 e. The second-order valence-electron chi connectivity index (χ2n) is 15.9. The van der Waals surface area contributed by atoms with Gasteiger partial charge in [-0.3, -0.25) is 10.6 Å². The van der Waals surface area contributed by atoms with Gasteiger partial charge in [0.15, 0.2) is 0 Å². The molecule has 1 aliphatic heterocycles. The molecule has 52 heavy (non-hydrogen) atoms. The fourth-order valence-electron chi connectivity index (χ4n) is 10.3.